The normalized spacial score (nSPS) is 10.2. The molecule has 3 heteroatoms. The molecule has 0 atom stereocenters. The third-order valence-corrected chi connectivity index (χ3v) is 3.20. The minimum Gasteiger partial charge on any atom is -0.455 e. The van der Waals surface area contributed by atoms with E-state index in [2.05, 4.69) is 41.6 Å². The molecule has 17 heavy (non-hydrogen) atoms. The molecule has 0 amide bonds. The fraction of sp³-hybridized carbons (Fsp3) is 0.143. The number of benzene rings is 2. The van der Waals surface area contributed by atoms with Gasteiger partial charge in [-0.2, -0.15) is 0 Å². The molecule has 0 aliphatic rings. The Morgan fingerprint density at radius 3 is 2.41 bits per heavy atom. The average molecular weight is 339 g/mol. The van der Waals surface area contributed by atoms with Crippen LogP contribution in [0.25, 0.3) is 0 Å². The van der Waals surface area contributed by atoms with Crippen LogP contribution in [0.1, 0.15) is 12.5 Å². The smallest absolute Gasteiger partial charge is 0.150 e. The van der Waals surface area contributed by atoms with Crippen molar-refractivity contribution in [3.8, 4) is 11.5 Å². The van der Waals surface area contributed by atoms with Gasteiger partial charge in [0, 0.05) is 3.57 Å². The van der Waals surface area contributed by atoms with Crippen LogP contribution in [-0.2, 0) is 6.42 Å². The molecule has 2 aromatic rings. The zero-order valence-electron chi connectivity index (χ0n) is 9.61. The van der Waals surface area contributed by atoms with Crippen molar-refractivity contribution in [2.45, 2.75) is 13.3 Å². The van der Waals surface area contributed by atoms with Crippen LogP contribution in [0.3, 0.4) is 0 Å². The summed E-state index contributed by atoms with van der Waals surface area (Å²) in [7, 11) is 0. The van der Waals surface area contributed by atoms with Gasteiger partial charge in [0.1, 0.15) is 11.5 Å². The lowest BCUT2D eigenvalue weighted by Gasteiger charge is -2.09. The van der Waals surface area contributed by atoms with Crippen LogP contribution in [-0.4, -0.2) is 0 Å². The van der Waals surface area contributed by atoms with E-state index in [9.17, 15) is 0 Å². The lowest BCUT2D eigenvalue weighted by molar-refractivity contribution is 0.485. The lowest BCUT2D eigenvalue weighted by Crippen LogP contribution is -1.92. The van der Waals surface area contributed by atoms with Gasteiger partial charge in [-0.15, -0.1) is 0 Å². The molecule has 2 nitrogen and oxygen atoms in total. The third kappa shape index (κ3) is 3.12. The maximum absolute atomic E-state index is 5.90. The van der Waals surface area contributed by atoms with E-state index in [-0.39, 0.29) is 0 Å². The summed E-state index contributed by atoms with van der Waals surface area (Å²) in [6.45, 7) is 2.13. The molecule has 2 N–H and O–H groups in total. The van der Waals surface area contributed by atoms with E-state index < -0.39 is 0 Å². The van der Waals surface area contributed by atoms with E-state index in [4.69, 9.17) is 10.5 Å². The van der Waals surface area contributed by atoms with Crippen molar-refractivity contribution in [1.29, 1.82) is 0 Å². The number of hydrogen-bond donors (Lipinski definition) is 1. The predicted molar refractivity (Wildman–Crippen MR) is 79.5 cm³/mol. The molecule has 88 valence electrons. The van der Waals surface area contributed by atoms with Crippen molar-refractivity contribution in [2.75, 3.05) is 5.73 Å². The summed E-state index contributed by atoms with van der Waals surface area (Å²) in [5.74, 6) is 1.52. The molecular formula is C14H14INO. The number of hydrogen-bond acceptors (Lipinski definition) is 2. The molecule has 2 rings (SSSR count). The molecule has 0 bridgehead atoms. The molecule has 0 aliphatic heterocycles. The van der Waals surface area contributed by atoms with Gasteiger partial charge in [0.25, 0.3) is 0 Å². The zero-order valence-corrected chi connectivity index (χ0v) is 11.8. The van der Waals surface area contributed by atoms with Crippen molar-refractivity contribution >= 4 is 28.3 Å². The highest BCUT2D eigenvalue weighted by molar-refractivity contribution is 14.1. The van der Waals surface area contributed by atoms with Gasteiger partial charge >= 0.3 is 0 Å². The van der Waals surface area contributed by atoms with Crippen molar-refractivity contribution in [2.24, 2.45) is 0 Å². The SMILES string of the molecule is CCc1ccc(Oc2ccc(I)cc2N)cc1. The summed E-state index contributed by atoms with van der Waals surface area (Å²) >= 11 is 2.23. The summed E-state index contributed by atoms with van der Waals surface area (Å²) in [6.07, 6.45) is 1.03. The highest BCUT2D eigenvalue weighted by atomic mass is 127. The average Bonchev–Trinajstić information content (AvgIpc) is 2.34. The van der Waals surface area contributed by atoms with Crippen LogP contribution >= 0.6 is 22.6 Å². The zero-order chi connectivity index (χ0) is 12.3. The van der Waals surface area contributed by atoms with Gasteiger partial charge < -0.3 is 10.5 Å². The number of rotatable bonds is 3. The standard InChI is InChI=1S/C14H14INO/c1-2-10-3-6-12(7-4-10)17-14-8-5-11(15)9-13(14)16/h3-9H,2,16H2,1H3. The highest BCUT2D eigenvalue weighted by Crippen LogP contribution is 2.28. The lowest BCUT2D eigenvalue weighted by atomic mass is 10.2. The van der Waals surface area contributed by atoms with E-state index in [0.717, 1.165) is 15.7 Å². The van der Waals surface area contributed by atoms with Crippen molar-refractivity contribution in [1.82, 2.24) is 0 Å². The molecular weight excluding hydrogens is 325 g/mol. The van der Waals surface area contributed by atoms with Crippen LogP contribution in [0.15, 0.2) is 42.5 Å². The maximum Gasteiger partial charge on any atom is 0.150 e. The number of ether oxygens (including phenoxy) is 1. The van der Waals surface area contributed by atoms with Crippen LogP contribution in [0.4, 0.5) is 5.69 Å². The number of nitrogen functional groups attached to an aromatic ring is 1. The molecule has 0 saturated carbocycles. The number of nitrogens with two attached hydrogens (primary N) is 1. The fourth-order valence-electron chi connectivity index (χ4n) is 1.53. The third-order valence-electron chi connectivity index (χ3n) is 2.53. The quantitative estimate of drug-likeness (QED) is 0.671. The van der Waals surface area contributed by atoms with Gasteiger partial charge in [-0.05, 0) is 64.9 Å². The van der Waals surface area contributed by atoms with E-state index >= 15 is 0 Å². The molecule has 2 aromatic carbocycles. The van der Waals surface area contributed by atoms with Crippen molar-refractivity contribution in [3.05, 3.63) is 51.6 Å². The predicted octanol–water partition coefficient (Wildman–Crippen LogP) is 4.23. The molecule has 0 saturated heterocycles. The molecule has 0 radical (unpaired) electrons. The summed E-state index contributed by atoms with van der Waals surface area (Å²) in [6, 6.07) is 13.8. The topological polar surface area (TPSA) is 35.2 Å². The summed E-state index contributed by atoms with van der Waals surface area (Å²) in [4.78, 5) is 0. The molecule has 0 spiro atoms. The highest BCUT2D eigenvalue weighted by Gasteiger charge is 2.02. The second-order valence-corrected chi connectivity index (χ2v) is 5.03. The van der Waals surface area contributed by atoms with E-state index in [0.29, 0.717) is 11.4 Å². The Balaban J connectivity index is 2.19. The monoisotopic (exact) mass is 339 g/mol. The minimum absolute atomic E-state index is 0.663. The second kappa shape index (κ2) is 5.40. The first-order chi connectivity index (χ1) is 8.19. The Morgan fingerprint density at radius 1 is 1.12 bits per heavy atom. The molecule has 0 aromatic heterocycles. The summed E-state index contributed by atoms with van der Waals surface area (Å²) in [5.41, 5.74) is 7.86. The van der Waals surface area contributed by atoms with E-state index in [1.165, 1.54) is 5.56 Å². The van der Waals surface area contributed by atoms with Gasteiger partial charge in [0.2, 0.25) is 0 Å². The fourth-order valence-corrected chi connectivity index (χ4v) is 2.05. The van der Waals surface area contributed by atoms with Crippen molar-refractivity contribution in [3.63, 3.8) is 0 Å². The molecule has 0 aliphatic carbocycles. The van der Waals surface area contributed by atoms with Crippen LogP contribution in [0.2, 0.25) is 0 Å². The van der Waals surface area contributed by atoms with E-state index in [1.54, 1.807) is 0 Å². The number of halogens is 1. The van der Waals surface area contributed by atoms with Gasteiger partial charge in [-0.1, -0.05) is 19.1 Å². The Bertz CT molecular complexity index is 508. The van der Waals surface area contributed by atoms with E-state index in [1.807, 2.05) is 30.3 Å². The Labute approximate surface area is 115 Å². The first kappa shape index (κ1) is 12.2. The first-order valence-corrected chi connectivity index (χ1v) is 6.58. The Kier molecular flexibility index (Phi) is 3.89. The van der Waals surface area contributed by atoms with Gasteiger partial charge in [0.05, 0.1) is 5.69 Å². The Morgan fingerprint density at radius 2 is 1.82 bits per heavy atom. The summed E-state index contributed by atoms with van der Waals surface area (Å²) < 4.78 is 6.84. The molecule has 0 fully saturated rings. The van der Waals surface area contributed by atoms with Crippen LogP contribution in [0, 0.1) is 3.57 Å². The van der Waals surface area contributed by atoms with Crippen LogP contribution < -0.4 is 10.5 Å². The molecule has 0 unspecified atom stereocenters. The van der Waals surface area contributed by atoms with Gasteiger partial charge in [-0.25, -0.2) is 0 Å². The van der Waals surface area contributed by atoms with Gasteiger partial charge in [-0.3, -0.25) is 0 Å². The van der Waals surface area contributed by atoms with Crippen LogP contribution in [0.5, 0.6) is 11.5 Å². The maximum atomic E-state index is 5.90. The largest absolute Gasteiger partial charge is 0.455 e. The number of anilines is 1. The Hall–Kier alpha value is -1.23. The first-order valence-electron chi connectivity index (χ1n) is 5.51. The second-order valence-electron chi connectivity index (χ2n) is 3.78. The van der Waals surface area contributed by atoms with Gasteiger partial charge in [0.15, 0.2) is 0 Å². The minimum atomic E-state index is 0.663. The van der Waals surface area contributed by atoms with Crippen molar-refractivity contribution < 1.29 is 4.74 Å². The summed E-state index contributed by atoms with van der Waals surface area (Å²) in [5, 5.41) is 0. The number of aryl methyl sites for hydroxylation is 1. The molecule has 0 heterocycles.